The number of carboxylic acid groups (broad SMARTS) is 1. The molecule has 0 saturated heterocycles. The SMILES string of the molecule is O=C([O-])Cc1ccc(C(=O)NCCC(O)(P(=O)([O-])O)P(=O)([O-])O)cc1.[Na+].[Na+].[Na+]. The molecule has 0 aromatic heterocycles. The number of carbonyl (C=O) groups is 2. The molecule has 16 heteroatoms. The van der Waals surface area contributed by atoms with Crippen LogP contribution in [0.1, 0.15) is 22.3 Å². The van der Waals surface area contributed by atoms with Crippen molar-refractivity contribution in [3.05, 3.63) is 35.4 Å². The standard InChI is InChI=1S/C12H17NO10P2.3Na/c14-10(15)7-8-1-3-9(4-2-8)11(16)13-6-5-12(17,24(18,19)20)25(21,22)23;;;/h1-4,17H,5-7H2,(H,13,16)(H,14,15)(H2,18,19,20)(H2,21,22,23);;;/q;3*+1/p-3. The summed E-state index contributed by atoms with van der Waals surface area (Å²) in [6, 6.07) is 5.18. The van der Waals surface area contributed by atoms with E-state index in [4.69, 9.17) is 9.79 Å². The van der Waals surface area contributed by atoms with Crippen LogP contribution in [-0.2, 0) is 20.3 Å². The summed E-state index contributed by atoms with van der Waals surface area (Å²) >= 11 is 0. The van der Waals surface area contributed by atoms with E-state index in [9.17, 15) is 38.7 Å². The van der Waals surface area contributed by atoms with E-state index in [-0.39, 0.29) is 101 Å². The second-order valence-corrected chi connectivity index (χ2v) is 8.98. The maximum absolute atomic E-state index is 11.8. The molecule has 0 heterocycles. The number of carbonyl (C=O) groups excluding carboxylic acids is 2. The van der Waals surface area contributed by atoms with Crippen LogP contribution < -0.4 is 109 Å². The van der Waals surface area contributed by atoms with E-state index in [2.05, 4.69) is 5.32 Å². The third-order valence-electron chi connectivity index (χ3n) is 3.22. The molecule has 4 N–H and O–H groups in total. The number of carboxylic acids is 1. The number of benzene rings is 1. The van der Waals surface area contributed by atoms with Crippen molar-refractivity contribution in [2.24, 2.45) is 0 Å². The Kier molecular flexibility index (Phi) is 16.7. The first-order chi connectivity index (χ1) is 11.3. The van der Waals surface area contributed by atoms with Crippen LogP contribution in [-0.4, -0.2) is 38.4 Å². The summed E-state index contributed by atoms with van der Waals surface area (Å²) in [6.45, 7) is -0.713. The van der Waals surface area contributed by atoms with Gasteiger partial charge in [0.05, 0.1) is 0 Å². The van der Waals surface area contributed by atoms with Crippen molar-refractivity contribution in [3.8, 4) is 0 Å². The van der Waals surface area contributed by atoms with E-state index in [0.717, 1.165) is 0 Å². The van der Waals surface area contributed by atoms with Gasteiger partial charge in [-0.2, -0.15) is 0 Å². The molecule has 0 aliphatic rings. The van der Waals surface area contributed by atoms with Gasteiger partial charge in [0.1, 0.15) is 0 Å². The Bertz CT molecular complexity index is 727. The summed E-state index contributed by atoms with van der Waals surface area (Å²) in [4.78, 5) is 61.9. The predicted molar refractivity (Wildman–Crippen MR) is 76.7 cm³/mol. The fourth-order valence-electron chi connectivity index (χ4n) is 1.83. The maximum atomic E-state index is 11.8. The first-order valence-electron chi connectivity index (χ1n) is 6.65. The minimum atomic E-state index is -5.89. The first kappa shape index (κ1) is 34.0. The average molecular weight is 463 g/mol. The van der Waals surface area contributed by atoms with Crippen molar-refractivity contribution in [3.63, 3.8) is 0 Å². The van der Waals surface area contributed by atoms with E-state index >= 15 is 0 Å². The molecular formula is C12H14NNa3O10P2. The molecule has 0 aliphatic carbocycles. The molecule has 2 unspecified atom stereocenters. The molecule has 0 aliphatic heterocycles. The topological polar surface area (TPSA) is 210 Å². The summed E-state index contributed by atoms with van der Waals surface area (Å²) in [5, 5.41) is 18.2. The molecule has 1 aromatic carbocycles. The van der Waals surface area contributed by atoms with Crippen molar-refractivity contribution < 1.29 is 137 Å². The molecule has 1 aromatic rings. The Morgan fingerprint density at radius 2 is 1.43 bits per heavy atom. The molecule has 0 spiro atoms. The minimum Gasteiger partial charge on any atom is -0.776 e. The van der Waals surface area contributed by atoms with Gasteiger partial charge >= 0.3 is 88.7 Å². The zero-order valence-corrected chi connectivity index (χ0v) is 23.3. The van der Waals surface area contributed by atoms with E-state index in [1.807, 2.05) is 0 Å². The van der Waals surface area contributed by atoms with Crippen molar-refractivity contribution in [2.75, 3.05) is 6.54 Å². The van der Waals surface area contributed by atoms with Crippen molar-refractivity contribution in [1.82, 2.24) is 5.32 Å². The summed E-state index contributed by atoms with van der Waals surface area (Å²) in [5.74, 6) is -2.10. The van der Waals surface area contributed by atoms with Crippen molar-refractivity contribution in [2.45, 2.75) is 17.9 Å². The Labute approximate surface area is 226 Å². The molecule has 11 nitrogen and oxygen atoms in total. The molecule has 0 radical (unpaired) electrons. The summed E-state index contributed by atoms with van der Waals surface area (Å²) in [6.07, 6.45) is -1.57. The third kappa shape index (κ3) is 9.70. The Morgan fingerprint density at radius 3 is 1.79 bits per heavy atom. The second-order valence-electron chi connectivity index (χ2n) is 5.07. The monoisotopic (exact) mass is 463 g/mol. The van der Waals surface area contributed by atoms with Gasteiger partial charge in [-0.3, -0.25) is 4.79 Å². The van der Waals surface area contributed by atoms with Gasteiger partial charge in [0.2, 0.25) is 0 Å². The first-order valence-corrected chi connectivity index (χ1v) is 9.80. The van der Waals surface area contributed by atoms with Gasteiger partial charge in [0.15, 0.2) is 20.3 Å². The van der Waals surface area contributed by atoms with Crippen LogP contribution in [0.3, 0.4) is 0 Å². The normalized spacial score (nSPS) is 16.5. The van der Waals surface area contributed by atoms with Crippen LogP contribution in [0.2, 0.25) is 0 Å². The van der Waals surface area contributed by atoms with Crippen LogP contribution in [0.25, 0.3) is 0 Å². The number of amides is 1. The Hall–Kier alpha value is 1.42. The number of hydrogen-bond donors (Lipinski definition) is 4. The molecule has 1 amide bonds. The zero-order valence-electron chi connectivity index (χ0n) is 15.5. The quantitative estimate of drug-likeness (QED) is 0.211. The van der Waals surface area contributed by atoms with Gasteiger partial charge in [-0.05, 0) is 17.7 Å². The van der Waals surface area contributed by atoms with E-state index < -0.39 is 45.1 Å². The fourth-order valence-corrected chi connectivity index (χ4v) is 3.90. The number of hydrogen-bond acceptors (Lipinski definition) is 8. The van der Waals surface area contributed by atoms with Gasteiger partial charge in [-0.1, -0.05) is 12.1 Å². The molecule has 1 rings (SSSR count). The van der Waals surface area contributed by atoms with Crippen LogP contribution in [0.5, 0.6) is 0 Å². The molecule has 0 saturated carbocycles. The number of aliphatic hydroxyl groups is 1. The summed E-state index contributed by atoms with van der Waals surface area (Å²) in [7, 11) is -11.8. The molecule has 28 heavy (non-hydrogen) atoms. The molecule has 140 valence electrons. The van der Waals surface area contributed by atoms with Gasteiger partial charge in [0, 0.05) is 30.9 Å². The molecule has 0 fully saturated rings. The zero-order chi connectivity index (χ0) is 19.5. The van der Waals surface area contributed by atoms with E-state index in [1.165, 1.54) is 24.3 Å². The second kappa shape index (κ2) is 13.8. The van der Waals surface area contributed by atoms with Crippen LogP contribution >= 0.6 is 15.2 Å². The predicted octanol–water partition coefficient (Wildman–Crippen LogP) is -12.2. The van der Waals surface area contributed by atoms with Crippen molar-refractivity contribution >= 4 is 27.1 Å². The smallest absolute Gasteiger partial charge is 0.776 e. The number of nitrogens with one attached hydrogen (secondary N) is 1. The van der Waals surface area contributed by atoms with E-state index in [0.29, 0.717) is 5.56 Å². The minimum absolute atomic E-state index is 0. The molecular weight excluding hydrogens is 449 g/mol. The number of aliphatic carboxylic acids is 1. The summed E-state index contributed by atoms with van der Waals surface area (Å²) in [5.41, 5.74) is 0.403. The fraction of sp³-hybridized carbons (Fsp3) is 0.333. The number of rotatable bonds is 8. The largest absolute Gasteiger partial charge is 1.00 e. The maximum Gasteiger partial charge on any atom is 1.00 e. The van der Waals surface area contributed by atoms with Gasteiger partial charge in [-0.25, -0.2) is 0 Å². The summed E-state index contributed by atoms with van der Waals surface area (Å²) < 4.78 is 22.0. The van der Waals surface area contributed by atoms with Crippen LogP contribution in [0, 0.1) is 0 Å². The third-order valence-corrected chi connectivity index (χ3v) is 6.99. The molecule has 2 atom stereocenters. The Balaban J connectivity index is -0.00000208. The van der Waals surface area contributed by atoms with Crippen LogP contribution in [0.4, 0.5) is 0 Å². The molecule has 0 bridgehead atoms. The van der Waals surface area contributed by atoms with Gasteiger partial charge in [-0.15, -0.1) is 0 Å². The van der Waals surface area contributed by atoms with Crippen LogP contribution in [0.15, 0.2) is 24.3 Å². The van der Waals surface area contributed by atoms with Gasteiger partial charge in [0.25, 0.3) is 5.91 Å². The Morgan fingerprint density at radius 1 is 1.00 bits per heavy atom. The van der Waals surface area contributed by atoms with E-state index in [1.54, 1.807) is 0 Å². The van der Waals surface area contributed by atoms with Gasteiger partial charge < -0.3 is 49.0 Å². The average Bonchev–Trinajstić information content (AvgIpc) is 2.44. The van der Waals surface area contributed by atoms with Crippen molar-refractivity contribution in [1.29, 1.82) is 0 Å².